The quantitative estimate of drug-likeness (QED) is 0.330. The Morgan fingerprint density at radius 2 is 1.84 bits per heavy atom. The Labute approximate surface area is 200 Å². The molecule has 0 spiro atoms. The van der Waals surface area contributed by atoms with Gasteiger partial charge in [0.1, 0.15) is 5.84 Å². The molecule has 1 aliphatic heterocycles. The number of carbonyl (C=O) groups is 1. The van der Waals surface area contributed by atoms with Crippen LogP contribution in [0.15, 0.2) is 58.0 Å². The average Bonchev–Trinajstić information content (AvgIpc) is 2.80. The predicted octanol–water partition coefficient (Wildman–Crippen LogP) is 6.13. The number of aryl methyl sites for hydroxylation is 1. The van der Waals surface area contributed by atoms with Gasteiger partial charge in [0.2, 0.25) is 0 Å². The maximum absolute atomic E-state index is 9.76. The van der Waals surface area contributed by atoms with Gasteiger partial charge in [-0.15, -0.1) is 0 Å². The predicted molar refractivity (Wildman–Crippen MR) is 136 cm³/mol. The van der Waals surface area contributed by atoms with Gasteiger partial charge in [-0.2, -0.15) is 0 Å². The molecule has 5 nitrogen and oxygen atoms in total. The number of benzene rings is 2. The van der Waals surface area contributed by atoms with Gasteiger partial charge in [-0.1, -0.05) is 65.7 Å². The van der Waals surface area contributed by atoms with E-state index in [9.17, 15) is 4.79 Å². The van der Waals surface area contributed by atoms with Gasteiger partial charge in [0.05, 0.1) is 5.41 Å². The minimum atomic E-state index is -0.693. The first kappa shape index (κ1) is 25.9. The van der Waals surface area contributed by atoms with E-state index in [-0.39, 0.29) is 5.41 Å². The molecule has 1 saturated heterocycles. The fraction of sp³-hybridized carbons (Fsp3) is 0.423. The van der Waals surface area contributed by atoms with Gasteiger partial charge in [-0.3, -0.25) is 10.2 Å². The van der Waals surface area contributed by atoms with Crippen molar-refractivity contribution in [1.82, 2.24) is 5.32 Å². The van der Waals surface area contributed by atoms with Crippen LogP contribution in [0, 0.1) is 12.3 Å². The molecule has 0 unspecified atom stereocenters. The second-order valence-corrected chi connectivity index (χ2v) is 9.12. The third-order valence-corrected chi connectivity index (χ3v) is 6.34. The Balaban J connectivity index is 0.000000451. The lowest BCUT2D eigenvalue weighted by molar-refractivity contribution is -0.137. The van der Waals surface area contributed by atoms with Gasteiger partial charge >= 0.3 is 5.97 Å². The van der Waals surface area contributed by atoms with Crippen LogP contribution in [0.5, 0.6) is 0 Å². The summed E-state index contributed by atoms with van der Waals surface area (Å²) in [7, 11) is 0. The zero-order valence-electron chi connectivity index (χ0n) is 19.2. The normalized spacial score (nSPS) is 15.4. The highest BCUT2D eigenvalue weighted by atomic mass is 79.9. The molecule has 1 aliphatic rings. The van der Waals surface area contributed by atoms with Crippen molar-refractivity contribution in [3.63, 3.8) is 0 Å². The summed E-state index contributed by atoms with van der Waals surface area (Å²) in [6.45, 7) is 7.90. The van der Waals surface area contributed by atoms with E-state index in [1.165, 1.54) is 11.1 Å². The number of rotatable bonds is 6. The molecule has 0 bridgehead atoms. The standard InChI is InChI=1S/C21H24BrN3.C5H10O2/c1-15-8-9-18(22)14-19(15)16(2)25-20(23)21(10-12-24-13-11-21)17-6-4-3-5-7-17;1-2-3-4-5(6)7/h3-9,14,23-24H,10-13H2,1-2H3;2-4H2,1H3,(H,6,7). The van der Waals surface area contributed by atoms with Crippen molar-refractivity contribution >= 4 is 33.4 Å². The van der Waals surface area contributed by atoms with Crippen LogP contribution in [-0.2, 0) is 10.2 Å². The molecule has 0 saturated carbocycles. The van der Waals surface area contributed by atoms with Crippen molar-refractivity contribution in [2.45, 2.75) is 58.3 Å². The summed E-state index contributed by atoms with van der Waals surface area (Å²) in [6, 6.07) is 16.6. The number of aliphatic imine (C=N–C) groups is 1. The van der Waals surface area contributed by atoms with E-state index in [2.05, 4.69) is 64.6 Å². The molecule has 1 heterocycles. The smallest absolute Gasteiger partial charge is 0.303 e. The summed E-state index contributed by atoms with van der Waals surface area (Å²) in [5.41, 5.74) is 4.07. The fourth-order valence-electron chi connectivity index (χ4n) is 3.92. The SMILES string of the molecule is CC(=NC(=N)C1(c2ccccc2)CCNCC1)c1cc(Br)ccc1C.CCCCC(=O)O. The highest BCUT2D eigenvalue weighted by Gasteiger charge is 2.38. The molecular formula is C26H34BrN3O2. The van der Waals surface area contributed by atoms with Crippen LogP contribution >= 0.6 is 15.9 Å². The number of nitrogens with one attached hydrogen (secondary N) is 2. The number of piperidine rings is 1. The van der Waals surface area contributed by atoms with Crippen molar-refractivity contribution in [3.05, 3.63) is 69.7 Å². The van der Waals surface area contributed by atoms with Crippen molar-refractivity contribution in [2.24, 2.45) is 4.99 Å². The van der Waals surface area contributed by atoms with Crippen LogP contribution in [0.3, 0.4) is 0 Å². The third kappa shape index (κ3) is 7.10. The van der Waals surface area contributed by atoms with Crippen molar-refractivity contribution < 1.29 is 9.90 Å². The number of hydrogen-bond donors (Lipinski definition) is 3. The summed E-state index contributed by atoms with van der Waals surface area (Å²) in [6.07, 6.45) is 3.90. The number of hydrogen-bond acceptors (Lipinski definition) is 3. The second-order valence-electron chi connectivity index (χ2n) is 8.20. The third-order valence-electron chi connectivity index (χ3n) is 5.85. The Kier molecular flexibility index (Phi) is 10.3. The number of unbranched alkanes of at least 4 members (excludes halogenated alkanes) is 1. The molecule has 3 rings (SSSR count). The molecule has 3 N–H and O–H groups in total. The molecule has 32 heavy (non-hydrogen) atoms. The first-order chi connectivity index (χ1) is 15.3. The Hall–Kier alpha value is -2.31. The van der Waals surface area contributed by atoms with E-state index in [1.807, 2.05) is 26.0 Å². The van der Waals surface area contributed by atoms with Crippen LogP contribution in [0.4, 0.5) is 0 Å². The highest BCUT2D eigenvalue weighted by Crippen LogP contribution is 2.35. The molecule has 2 aromatic carbocycles. The molecule has 2 aromatic rings. The number of carboxylic acids is 1. The lowest BCUT2D eigenvalue weighted by atomic mass is 9.72. The Morgan fingerprint density at radius 3 is 2.41 bits per heavy atom. The number of carboxylic acid groups (broad SMARTS) is 1. The molecule has 0 aromatic heterocycles. The van der Waals surface area contributed by atoms with Crippen LogP contribution in [0.2, 0.25) is 0 Å². The molecule has 6 heteroatoms. The van der Waals surface area contributed by atoms with Gasteiger partial charge in [0, 0.05) is 16.6 Å². The monoisotopic (exact) mass is 499 g/mol. The summed E-state index contributed by atoms with van der Waals surface area (Å²) in [4.78, 5) is 14.5. The second kappa shape index (κ2) is 12.7. The fourth-order valence-corrected chi connectivity index (χ4v) is 4.28. The maximum atomic E-state index is 9.76. The minimum absolute atomic E-state index is 0.298. The molecular weight excluding hydrogens is 466 g/mol. The van der Waals surface area contributed by atoms with Crippen molar-refractivity contribution in [3.8, 4) is 0 Å². The molecule has 0 aliphatic carbocycles. The van der Waals surface area contributed by atoms with E-state index in [0.717, 1.165) is 54.5 Å². The summed E-state index contributed by atoms with van der Waals surface area (Å²) in [5, 5.41) is 20.3. The topological polar surface area (TPSA) is 85.5 Å². The van der Waals surface area contributed by atoms with Gasteiger partial charge in [-0.05, 0) is 75.0 Å². The summed E-state index contributed by atoms with van der Waals surface area (Å²) < 4.78 is 1.04. The average molecular weight is 500 g/mol. The lowest BCUT2D eigenvalue weighted by Crippen LogP contribution is -2.45. The zero-order chi connectivity index (χ0) is 23.6. The summed E-state index contributed by atoms with van der Waals surface area (Å²) >= 11 is 3.54. The number of aliphatic carboxylic acids is 1. The molecule has 0 radical (unpaired) electrons. The first-order valence-electron chi connectivity index (χ1n) is 11.2. The van der Waals surface area contributed by atoms with Crippen LogP contribution in [0.25, 0.3) is 0 Å². The number of nitrogens with zero attached hydrogens (tertiary/aromatic N) is 1. The van der Waals surface area contributed by atoms with Crippen molar-refractivity contribution in [2.75, 3.05) is 13.1 Å². The van der Waals surface area contributed by atoms with Crippen molar-refractivity contribution in [1.29, 1.82) is 5.41 Å². The first-order valence-corrected chi connectivity index (χ1v) is 12.0. The van der Waals surface area contributed by atoms with E-state index in [4.69, 9.17) is 15.5 Å². The Morgan fingerprint density at radius 1 is 1.19 bits per heavy atom. The van der Waals surface area contributed by atoms with Gasteiger partial charge in [-0.25, -0.2) is 4.99 Å². The zero-order valence-corrected chi connectivity index (χ0v) is 20.8. The minimum Gasteiger partial charge on any atom is -0.481 e. The van der Waals surface area contributed by atoms with E-state index in [1.54, 1.807) is 0 Å². The molecule has 172 valence electrons. The van der Waals surface area contributed by atoms with Gasteiger partial charge < -0.3 is 10.4 Å². The van der Waals surface area contributed by atoms with Crippen LogP contribution in [0.1, 0.15) is 62.6 Å². The Bertz CT molecular complexity index is 935. The number of halogens is 1. The van der Waals surface area contributed by atoms with Gasteiger partial charge in [0.15, 0.2) is 0 Å². The van der Waals surface area contributed by atoms with Gasteiger partial charge in [0.25, 0.3) is 0 Å². The molecule has 0 amide bonds. The van der Waals surface area contributed by atoms with E-state index in [0.29, 0.717) is 12.3 Å². The van der Waals surface area contributed by atoms with Crippen LogP contribution < -0.4 is 5.32 Å². The lowest BCUT2D eigenvalue weighted by Gasteiger charge is -2.37. The largest absolute Gasteiger partial charge is 0.481 e. The maximum Gasteiger partial charge on any atom is 0.303 e. The summed E-state index contributed by atoms with van der Waals surface area (Å²) in [5.74, 6) is -0.223. The highest BCUT2D eigenvalue weighted by molar-refractivity contribution is 9.10. The van der Waals surface area contributed by atoms with E-state index < -0.39 is 5.97 Å². The number of amidine groups is 1. The molecule has 1 fully saturated rings. The van der Waals surface area contributed by atoms with E-state index >= 15 is 0 Å². The van der Waals surface area contributed by atoms with Crippen LogP contribution in [-0.4, -0.2) is 35.7 Å². The molecule has 0 atom stereocenters.